The lowest BCUT2D eigenvalue weighted by atomic mass is 9.98. The Bertz CT molecular complexity index is 955. The molecule has 0 aliphatic carbocycles. The van der Waals surface area contributed by atoms with Crippen molar-refractivity contribution < 1.29 is 9.59 Å². The van der Waals surface area contributed by atoms with Gasteiger partial charge in [-0.15, -0.1) is 0 Å². The number of amides is 2. The highest BCUT2D eigenvalue weighted by Gasteiger charge is 2.11. The lowest BCUT2D eigenvalue weighted by molar-refractivity contribution is -0.117. The van der Waals surface area contributed by atoms with Crippen LogP contribution < -0.4 is 16.8 Å². The van der Waals surface area contributed by atoms with E-state index in [-0.39, 0.29) is 5.91 Å². The molecule has 1 aliphatic heterocycles. The van der Waals surface area contributed by atoms with Crippen molar-refractivity contribution in [2.24, 2.45) is 11.5 Å². The van der Waals surface area contributed by atoms with Gasteiger partial charge in [0.05, 0.1) is 11.1 Å². The quantitative estimate of drug-likeness (QED) is 0.587. The van der Waals surface area contributed by atoms with Crippen molar-refractivity contribution in [3.8, 4) is 11.1 Å². The molecule has 0 unspecified atom stereocenters. The average molecular weight is 334 g/mol. The first-order chi connectivity index (χ1) is 12.1. The summed E-state index contributed by atoms with van der Waals surface area (Å²) < 4.78 is 0. The van der Waals surface area contributed by atoms with Crippen LogP contribution in [0.15, 0.2) is 60.9 Å². The van der Waals surface area contributed by atoms with Crippen molar-refractivity contribution in [1.29, 1.82) is 0 Å². The number of H-pyrrole nitrogens is 1. The smallest absolute Gasteiger partial charge is 0.250 e. The summed E-state index contributed by atoms with van der Waals surface area (Å²) >= 11 is 0. The molecule has 2 aromatic carbocycles. The van der Waals surface area contributed by atoms with Gasteiger partial charge in [0.15, 0.2) is 0 Å². The van der Waals surface area contributed by atoms with Crippen molar-refractivity contribution in [1.82, 2.24) is 10.3 Å². The fourth-order valence-corrected chi connectivity index (χ4v) is 2.59. The van der Waals surface area contributed by atoms with Gasteiger partial charge in [-0.25, -0.2) is 0 Å². The number of carbonyl (C=O) groups is 2. The van der Waals surface area contributed by atoms with Gasteiger partial charge in [0.25, 0.3) is 5.91 Å². The molecule has 2 heterocycles. The highest BCUT2D eigenvalue weighted by Crippen LogP contribution is 2.30. The maximum atomic E-state index is 11.4. The molecule has 0 radical (unpaired) electrons. The summed E-state index contributed by atoms with van der Waals surface area (Å²) in [4.78, 5) is 24.2. The summed E-state index contributed by atoms with van der Waals surface area (Å²) in [7, 11) is 0. The summed E-state index contributed by atoms with van der Waals surface area (Å²) in [5.41, 5.74) is 15.5. The third kappa shape index (κ3) is 3.44. The van der Waals surface area contributed by atoms with Crippen LogP contribution in [-0.2, 0) is 11.3 Å². The summed E-state index contributed by atoms with van der Waals surface area (Å²) in [6.45, 7) is 0.528. The average Bonchev–Trinajstić information content (AvgIpc) is 3.09. The van der Waals surface area contributed by atoms with Crippen molar-refractivity contribution in [3.63, 3.8) is 0 Å². The van der Waals surface area contributed by atoms with E-state index in [0.717, 1.165) is 27.6 Å². The van der Waals surface area contributed by atoms with Gasteiger partial charge < -0.3 is 21.8 Å². The summed E-state index contributed by atoms with van der Waals surface area (Å²) in [6.07, 6.45) is 4.89. The molecule has 6 heteroatoms. The Labute approximate surface area is 144 Å². The molecule has 0 fully saturated rings. The zero-order valence-corrected chi connectivity index (χ0v) is 13.5. The zero-order chi connectivity index (χ0) is 17.8. The molecular weight excluding hydrogens is 316 g/mol. The monoisotopic (exact) mass is 334 g/mol. The standard InChI is InChI=1S/C16H15N3O.C3H3NO/c17-9-10-1-3-11(4-2-10)12-5-6-14(16(18)20)15-13(12)7-8-19-15;5-3-1-2-4-3/h1-8,19H,9,17H2,(H2,18,20);1-2H,(H,4,5). The van der Waals surface area contributed by atoms with E-state index in [1.54, 1.807) is 12.3 Å². The maximum Gasteiger partial charge on any atom is 0.250 e. The number of rotatable bonds is 3. The number of aromatic nitrogens is 1. The molecule has 126 valence electrons. The van der Waals surface area contributed by atoms with Gasteiger partial charge in [0.2, 0.25) is 5.91 Å². The predicted octanol–water partition coefficient (Wildman–Crippen LogP) is 2.02. The minimum absolute atomic E-state index is 0.00463. The van der Waals surface area contributed by atoms with Gasteiger partial charge in [-0.3, -0.25) is 9.59 Å². The Hall–Kier alpha value is -3.38. The van der Waals surface area contributed by atoms with Gasteiger partial charge >= 0.3 is 0 Å². The van der Waals surface area contributed by atoms with Crippen molar-refractivity contribution in [2.45, 2.75) is 6.54 Å². The van der Waals surface area contributed by atoms with Crippen LogP contribution in [0, 0.1) is 0 Å². The first kappa shape index (κ1) is 16.5. The molecule has 4 rings (SSSR count). The van der Waals surface area contributed by atoms with E-state index in [9.17, 15) is 9.59 Å². The molecule has 0 saturated carbocycles. The maximum absolute atomic E-state index is 11.4. The molecule has 0 spiro atoms. The molecule has 3 aromatic rings. The molecule has 25 heavy (non-hydrogen) atoms. The van der Waals surface area contributed by atoms with Crippen LogP contribution in [0.4, 0.5) is 0 Å². The lowest BCUT2D eigenvalue weighted by Crippen LogP contribution is -2.22. The van der Waals surface area contributed by atoms with E-state index in [2.05, 4.69) is 10.3 Å². The Morgan fingerprint density at radius 1 is 1.04 bits per heavy atom. The van der Waals surface area contributed by atoms with E-state index >= 15 is 0 Å². The Balaban J connectivity index is 0.000000314. The molecule has 0 saturated heterocycles. The molecule has 1 aliphatic rings. The van der Waals surface area contributed by atoms with E-state index in [1.807, 2.05) is 42.6 Å². The van der Waals surface area contributed by atoms with Crippen LogP contribution in [0.5, 0.6) is 0 Å². The minimum atomic E-state index is -0.428. The van der Waals surface area contributed by atoms with Gasteiger partial charge in [-0.1, -0.05) is 30.3 Å². The van der Waals surface area contributed by atoms with Gasteiger partial charge in [-0.2, -0.15) is 0 Å². The highest BCUT2D eigenvalue weighted by atomic mass is 16.2. The first-order valence-electron chi connectivity index (χ1n) is 7.76. The van der Waals surface area contributed by atoms with Crippen LogP contribution in [-0.4, -0.2) is 16.8 Å². The van der Waals surface area contributed by atoms with E-state index in [0.29, 0.717) is 12.1 Å². The number of aromatic amines is 1. The number of hydrogen-bond acceptors (Lipinski definition) is 3. The predicted molar refractivity (Wildman–Crippen MR) is 97.4 cm³/mol. The summed E-state index contributed by atoms with van der Waals surface area (Å²) in [5, 5.41) is 3.38. The van der Waals surface area contributed by atoms with Crippen LogP contribution in [0.25, 0.3) is 22.0 Å². The van der Waals surface area contributed by atoms with E-state index < -0.39 is 5.91 Å². The third-order valence-corrected chi connectivity index (χ3v) is 3.95. The van der Waals surface area contributed by atoms with Crippen molar-refractivity contribution in [2.75, 3.05) is 0 Å². The molecular formula is C19H18N4O2. The third-order valence-electron chi connectivity index (χ3n) is 3.95. The van der Waals surface area contributed by atoms with Crippen molar-refractivity contribution in [3.05, 3.63) is 72.1 Å². The highest BCUT2D eigenvalue weighted by molar-refractivity contribution is 6.09. The molecule has 2 amide bonds. The van der Waals surface area contributed by atoms with Gasteiger partial charge in [0, 0.05) is 30.4 Å². The van der Waals surface area contributed by atoms with Gasteiger partial charge in [0.1, 0.15) is 0 Å². The summed E-state index contributed by atoms with van der Waals surface area (Å²) in [6, 6.07) is 13.7. The zero-order valence-electron chi connectivity index (χ0n) is 13.5. The molecule has 0 atom stereocenters. The first-order valence-corrected chi connectivity index (χ1v) is 7.76. The van der Waals surface area contributed by atoms with E-state index in [1.165, 1.54) is 6.08 Å². The minimum Gasteiger partial charge on any atom is -0.366 e. The van der Waals surface area contributed by atoms with E-state index in [4.69, 9.17) is 11.5 Å². The molecule has 1 aromatic heterocycles. The summed E-state index contributed by atoms with van der Waals surface area (Å²) in [5.74, 6) is -0.424. The Kier molecular flexibility index (Phi) is 4.63. The fourth-order valence-electron chi connectivity index (χ4n) is 2.59. The SMILES string of the molecule is NCc1ccc(-c2ccc(C(N)=O)c3[nH]ccc23)cc1.O=C1C=CN1. The topological polar surface area (TPSA) is 114 Å². The second-order valence-electron chi connectivity index (χ2n) is 5.53. The number of benzene rings is 2. The number of primary amides is 1. The van der Waals surface area contributed by atoms with Crippen LogP contribution in [0.2, 0.25) is 0 Å². The fraction of sp³-hybridized carbons (Fsp3) is 0.0526. The van der Waals surface area contributed by atoms with Crippen molar-refractivity contribution >= 4 is 22.7 Å². The Morgan fingerprint density at radius 2 is 1.72 bits per heavy atom. The van der Waals surface area contributed by atoms with Crippen LogP contribution in [0.1, 0.15) is 15.9 Å². The normalized spacial score (nSPS) is 12.1. The lowest BCUT2D eigenvalue weighted by Gasteiger charge is -2.07. The molecule has 0 bridgehead atoms. The van der Waals surface area contributed by atoms with Crippen LogP contribution in [0.3, 0.4) is 0 Å². The number of carbonyl (C=O) groups excluding carboxylic acids is 2. The second-order valence-corrected chi connectivity index (χ2v) is 5.53. The molecule has 6 N–H and O–H groups in total. The number of nitrogens with one attached hydrogen (secondary N) is 2. The molecule has 6 nitrogen and oxygen atoms in total. The second kappa shape index (κ2) is 7.02. The van der Waals surface area contributed by atoms with Crippen LogP contribution >= 0.6 is 0 Å². The van der Waals surface area contributed by atoms with Gasteiger partial charge in [-0.05, 0) is 28.8 Å². The number of hydrogen-bond donors (Lipinski definition) is 4. The number of fused-ring (bicyclic) bond motifs is 1. The number of nitrogens with two attached hydrogens (primary N) is 2. The largest absolute Gasteiger partial charge is 0.366 e. The Morgan fingerprint density at radius 3 is 2.24 bits per heavy atom.